The second kappa shape index (κ2) is 9.96. The molecular weight excluding hydrogens is 364 g/mol. The number of anilines is 1. The van der Waals surface area contributed by atoms with Gasteiger partial charge in [0.15, 0.2) is 6.61 Å². The van der Waals surface area contributed by atoms with Crippen molar-refractivity contribution in [3.05, 3.63) is 54.1 Å². The summed E-state index contributed by atoms with van der Waals surface area (Å²) in [6, 6.07) is 13.0. The summed E-state index contributed by atoms with van der Waals surface area (Å²) < 4.78 is 10.4. The van der Waals surface area contributed by atoms with Crippen molar-refractivity contribution in [3.8, 4) is 11.5 Å². The monoisotopic (exact) mass is 386 g/mol. The van der Waals surface area contributed by atoms with Gasteiger partial charge in [0.05, 0.1) is 13.2 Å². The van der Waals surface area contributed by atoms with Crippen LogP contribution in [-0.4, -0.2) is 49.7 Å². The summed E-state index contributed by atoms with van der Waals surface area (Å²) >= 11 is 0. The van der Waals surface area contributed by atoms with Gasteiger partial charge in [-0.15, -0.1) is 0 Å². The van der Waals surface area contributed by atoms with Gasteiger partial charge in [0.2, 0.25) is 5.91 Å². The van der Waals surface area contributed by atoms with Crippen molar-refractivity contribution >= 4 is 23.5 Å². The first-order valence-electron chi connectivity index (χ1n) is 8.63. The maximum absolute atomic E-state index is 12.3. The Hall–Kier alpha value is -3.55. The maximum Gasteiger partial charge on any atom is 0.341 e. The first kappa shape index (κ1) is 20.8. The van der Waals surface area contributed by atoms with Crippen LogP contribution < -0.4 is 19.7 Å². The van der Waals surface area contributed by atoms with Gasteiger partial charge < -0.3 is 24.8 Å². The van der Waals surface area contributed by atoms with Crippen molar-refractivity contribution in [2.75, 3.05) is 31.7 Å². The number of ether oxygens (including phenoxy) is 2. The lowest BCUT2D eigenvalue weighted by Crippen LogP contribution is -2.38. The van der Waals surface area contributed by atoms with E-state index >= 15 is 0 Å². The number of carboxylic acid groups (broad SMARTS) is 1. The van der Waals surface area contributed by atoms with Gasteiger partial charge in [-0.3, -0.25) is 9.59 Å². The Morgan fingerprint density at radius 3 is 2.11 bits per heavy atom. The Morgan fingerprint density at radius 1 is 0.964 bits per heavy atom. The van der Waals surface area contributed by atoms with Gasteiger partial charge in [0, 0.05) is 18.3 Å². The number of hydrogen-bond acceptors (Lipinski definition) is 5. The molecule has 2 N–H and O–H groups in total. The summed E-state index contributed by atoms with van der Waals surface area (Å²) in [6.07, 6.45) is 0. The van der Waals surface area contributed by atoms with Crippen molar-refractivity contribution in [3.63, 3.8) is 0 Å². The molecular formula is C20H22N2O6. The molecule has 2 rings (SSSR count). The molecule has 0 aromatic heterocycles. The molecule has 148 valence electrons. The summed E-state index contributed by atoms with van der Waals surface area (Å²) in [6.45, 7) is 1.81. The van der Waals surface area contributed by atoms with E-state index in [1.165, 1.54) is 4.90 Å². The number of carbonyl (C=O) groups excluding carboxylic acids is 2. The average Bonchev–Trinajstić information content (AvgIpc) is 2.70. The predicted octanol–water partition coefficient (Wildman–Crippen LogP) is 1.94. The van der Waals surface area contributed by atoms with E-state index in [9.17, 15) is 14.4 Å². The molecule has 0 saturated heterocycles. The van der Waals surface area contributed by atoms with E-state index in [4.69, 9.17) is 14.6 Å². The van der Waals surface area contributed by atoms with Gasteiger partial charge in [-0.25, -0.2) is 4.79 Å². The molecule has 0 atom stereocenters. The smallest absolute Gasteiger partial charge is 0.341 e. The van der Waals surface area contributed by atoms with Crippen LogP contribution in [0.5, 0.6) is 11.5 Å². The molecule has 0 aliphatic heterocycles. The maximum atomic E-state index is 12.3. The molecule has 0 spiro atoms. The Kier molecular flexibility index (Phi) is 7.38. The number of likely N-dealkylation sites (N-methyl/N-ethyl adjacent to an activating group) is 1. The molecule has 28 heavy (non-hydrogen) atoms. The summed E-state index contributed by atoms with van der Waals surface area (Å²) in [5, 5.41) is 11.2. The minimum atomic E-state index is -1.07. The molecule has 8 nitrogen and oxygen atoms in total. The van der Waals surface area contributed by atoms with Crippen LogP contribution in [0, 0.1) is 0 Å². The third-order valence-electron chi connectivity index (χ3n) is 3.79. The number of aliphatic carboxylic acids is 1. The largest absolute Gasteiger partial charge is 0.494 e. The van der Waals surface area contributed by atoms with E-state index < -0.39 is 12.6 Å². The minimum absolute atomic E-state index is 0.167. The average molecular weight is 386 g/mol. The number of nitrogens with one attached hydrogen (secondary N) is 1. The number of hydrogen-bond donors (Lipinski definition) is 2. The standard InChI is InChI=1S/C20H22N2O6/c1-3-27-16-8-4-14(5-9-16)20(26)21-12-18(23)22(2)15-6-10-17(11-7-15)28-13-19(24)25/h4-11H,3,12-13H2,1-2H3,(H,21,26)(H,24,25). The Morgan fingerprint density at radius 2 is 1.54 bits per heavy atom. The summed E-state index contributed by atoms with van der Waals surface area (Å²) in [5.41, 5.74) is 1.02. The lowest BCUT2D eigenvalue weighted by molar-refractivity contribution is -0.139. The molecule has 2 aromatic rings. The highest BCUT2D eigenvalue weighted by Gasteiger charge is 2.13. The van der Waals surface area contributed by atoms with Gasteiger partial charge in [0.1, 0.15) is 11.5 Å². The van der Waals surface area contributed by atoms with Crippen LogP contribution in [0.15, 0.2) is 48.5 Å². The summed E-state index contributed by atoms with van der Waals surface area (Å²) in [5.74, 6) is -0.679. The Labute approximate surface area is 162 Å². The van der Waals surface area contributed by atoms with E-state index in [-0.39, 0.29) is 18.4 Å². The van der Waals surface area contributed by atoms with Crippen LogP contribution in [-0.2, 0) is 9.59 Å². The van der Waals surface area contributed by atoms with Gasteiger partial charge in [-0.05, 0) is 55.5 Å². The van der Waals surface area contributed by atoms with Crippen LogP contribution >= 0.6 is 0 Å². The topological polar surface area (TPSA) is 105 Å². The second-order valence-corrected chi connectivity index (χ2v) is 5.77. The first-order chi connectivity index (χ1) is 13.4. The SMILES string of the molecule is CCOc1ccc(C(=O)NCC(=O)N(C)c2ccc(OCC(=O)O)cc2)cc1. The number of benzene rings is 2. The first-order valence-corrected chi connectivity index (χ1v) is 8.63. The number of carboxylic acids is 1. The molecule has 0 heterocycles. The molecule has 0 bridgehead atoms. The third kappa shape index (κ3) is 6.01. The van der Waals surface area contributed by atoms with Crippen molar-refractivity contribution in [2.24, 2.45) is 0 Å². The number of carbonyl (C=O) groups is 3. The van der Waals surface area contributed by atoms with E-state index in [2.05, 4.69) is 5.32 Å². The molecule has 0 fully saturated rings. The van der Waals surface area contributed by atoms with E-state index in [1.807, 2.05) is 6.92 Å². The quantitative estimate of drug-likeness (QED) is 0.682. The molecule has 0 aliphatic carbocycles. The fourth-order valence-electron chi connectivity index (χ4n) is 2.30. The van der Waals surface area contributed by atoms with Crippen molar-refractivity contribution in [1.29, 1.82) is 0 Å². The van der Waals surface area contributed by atoms with E-state index in [0.717, 1.165) is 0 Å². The van der Waals surface area contributed by atoms with Gasteiger partial charge in [0.25, 0.3) is 5.91 Å². The van der Waals surface area contributed by atoms with Crippen LogP contribution in [0.3, 0.4) is 0 Å². The molecule has 0 aliphatic rings. The zero-order valence-corrected chi connectivity index (χ0v) is 15.7. The summed E-state index contributed by atoms with van der Waals surface area (Å²) in [4.78, 5) is 36.3. The molecule has 2 aromatic carbocycles. The van der Waals surface area contributed by atoms with Crippen LogP contribution in [0.4, 0.5) is 5.69 Å². The highest BCUT2D eigenvalue weighted by Crippen LogP contribution is 2.18. The highest BCUT2D eigenvalue weighted by molar-refractivity contribution is 6.00. The Bertz CT molecular complexity index is 818. The summed E-state index contributed by atoms with van der Waals surface area (Å²) in [7, 11) is 1.58. The normalized spacial score (nSPS) is 10.1. The zero-order chi connectivity index (χ0) is 20.5. The number of rotatable bonds is 9. The van der Waals surface area contributed by atoms with Gasteiger partial charge in [-0.2, -0.15) is 0 Å². The lowest BCUT2D eigenvalue weighted by atomic mass is 10.2. The van der Waals surface area contributed by atoms with Crippen molar-refractivity contribution < 1.29 is 29.0 Å². The highest BCUT2D eigenvalue weighted by atomic mass is 16.5. The minimum Gasteiger partial charge on any atom is -0.494 e. The van der Waals surface area contributed by atoms with Crippen molar-refractivity contribution in [1.82, 2.24) is 5.32 Å². The second-order valence-electron chi connectivity index (χ2n) is 5.77. The van der Waals surface area contributed by atoms with Gasteiger partial charge in [-0.1, -0.05) is 0 Å². The molecule has 0 saturated carbocycles. The van der Waals surface area contributed by atoms with Crippen LogP contribution in [0.2, 0.25) is 0 Å². The van der Waals surface area contributed by atoms with Crippen LogP contribution in [0.1, 0.15) is 17.3 Å². The van der Waals surface area contributed by atoms with E-state index in [1.54, 1.807) is 55.6 Å². The zero-order valence-electron chi connectivity index (χ0n) is 15.7. The number of amides is 2. The number of nitrogens with zero attached hydrogens (tertiary/aromatic N) is 1. The molecule has 2 amide bonds. The van der Waals surface area contributed by atoms with E-state index in [0.29, 0.717) is 29.4 Å². The Balaban J connectivity index is 1.87. The fraction of sp³-hybridized carbons (Fsp3) is 0.250. The van der Waals surface area contributed by atoms with Gasteiger partial charge >= 0.3 is 5.97 Å². The van der Waals surface area contributed by atoms with Crippen LogP contribution in [0.25, 0.3) is 0 Å². The molecule has 0 radical (unpaired) electrons. The lowest BCUT2D eigenvalue weighted by Gasteiger charge is -2.18. The molecule has 0 unspecified atom stereocenters. The molecule has 8 heteroatoms. The predicted molar refractivity (Wildman–Crippen MR) is 103 cm³/mol. The third-order valence-corrected chi connectivity index (χ3v) is 3.79. The van der Waals surface area contributed by atoms with Crippen molar-refractivity contribution in [2.45, 2.75) is 6.92 Å². The fourth-order valence-corrected chi connectivity index (χ4v) is 2.30.